The van der Waals surface area contributed by atoms with Gasteiger partial charge in [-0.25, -0.2) is 18.9 Å². The van der Waals surface area contributed by atoms with Crippen LogP contribution in [0.3, 0.4) is 0 Å². The SMILES string of the molecule is CC/C(C=O)=C(/Nc1ccc(F)c(C(F)(F)F)c1)c1nonc1NCCCNS(N)(=O)=O. The highest BCUT2D eigenvalue weighted by atomic mass is 32.2. The zero-order valence-corrected chi connectivity index (χ0v) is 17.5. The summed E-state index contributed by atoms with van der Waals surface area (Å²) in [6, 6.07) is 2.28. The molecule has 0 fully saturated rings. The predicted octanol–water partition coefficient (Wildman–Crippen LogP) is 2.25. The van der Waals surface area contributed by atoms with Crippen molar-refractivity contribution in [1.82, 2.24) is 15.0 Å². The Balaban J connectivity index is 2.29. The lowest BCUT2D eigenvalue weighted by molar-refractivity contribution is -0.139. The minimum absolute atomic E-state index is 0.00800. The average molecular weight is 480 g/mol. The van der Waals surface area contributed by atoms with Crippen LogP contribution >= 0.6 is 0 Å². The van der Waals surface area contributed by atoms with Gasteiger partial charge in [-0.2, -0.15) is 21.6 Å². The van der Waals surface area contributed by atoms with Gasteiger partial charge in [-0.1, -0.05) is 6.92 Å². The quantitative estimate of drug-likeness (QED) is 0.165. The molecule has 0 saturated carbocycles. The molecule has 176 valence electrons. The molecule has 2 aromatic rings. The Bertz CT molecular complexity index is 1080. The van der Waals surface area contributed by atoms with E-state index >= 15 is 0 Å². The summed E-state index contributed by atoms with van der Waals surface area (Å²) in [5.74, 6) is -1.40. The molecule has 0 amide bonds. The minimum Gasteiger partial charge on any atom is -0.365 e. The second-order valence-electron chi connectivity index (χ2n) is 6.37. The number of anilines is 2. The Morgan fingerprint density at radius 1 is 1.25 bits per heavy atom. The standard InChI is InChI=1S/C17H20F4N6O4S/c1-2-10(9-28)14(25-11-4-5-13(18)12(8-11)17(19,20)21)15-16(27-31-26-15)23-6-3-7-24-32(22,29)30/h4-5,8-9,24-25H,2-3,6-7H2,1H3,(H,23,27)(H2,22,29,30)/b14-10-. The maximum Gasteiger partial charge on any atom is 0.419 e. The highest BCUT2D eigenvalue weighted by molar-refractivity contribution is 7.87. The number of benzene rings is 1. The molecule has 0 unspecified atom stereocenters. The number of carbonyl (C=O) groups excluding carboxylic acids is 1. The van der Waals surface area contributed by atoms with Crippen molar-refractivity contribution in [3.63, 3.8) is 0 Å². The lowest BCUT2D eigenvalue weighted by atomic mass is 10.1. The minimum atomic E-state index is -4.92. The number of hydrogen-bond acceptors (Lipinski definition) is 8. The molecule has 0 spiro atoms. The maximum atomic E-state index is 13.6. The van der Waals surface area contributed by atoms with E-state index < -0.39 is 27.8 Å². The van der Waals surface area contributed by atoms with Gasteiger partial charge in [-0.15, -0.1) is 0 Å². The number of halogens is 4. The zero-order valence-electron chi connectivity index (χ0n) is 16.7. The number of allylic oxidation sites excluding steroid dienone is 1. The molecule has 1 aromatic carbocycles. The Morgan fingerprint density at radius 3 is 2.56 bits per heavy atom. The van der Waals surface area contributed by atoms with Crippen molar-refractivity contribution in [3.05, 3.63) is 40.8 Å². The first-order chi connectivity index (χ1) is 15.0. The van der Waals surface area contributed by atoms with Gasteiger partial charge in [-0.3, -0.25) is 4.79 Å². The first-order valence-electron chi connectivity index (χ1n) is 9.12. The Morgan fingerprint density at radius 2 is 1.97 bits per heavy atom. The van der Waals surface area contributed by atoms with Gasteiger partial charge >= 0.3 is 6.18 Å². The highest BCUT2D eigenvalue weighted by Gasteiger charge is 2.34. The summed E-state index contributed by atoms with van der Waals surface area (Å²) in [5.41, 5.74) is -1.49. The van der Waals surface area contributed by atoms with Crippen molar-refractivity contribution in [2.75, 3.05) is 23.7 Å². The number of aromatic nitrogens is 2. The summed E-state index contributed by atoms with van der Waals surface area (Å²) in [4.78, 5) is 11.5. The van der Waals surface area contributed by atoms with Gasteiger partial charge < -0.3 is 10.6 Å². The van der Waals surface area contributed by atoms with Crippen molar-refractivity contribution in [3.8, 4) is 0 Å². The van der Waals surface area contributed by atoms with Crippen LogP contribution < -0.4 is 20.5 Å². The third-order valence-corrected chi connectivity index (χ3v) is 4.67. The molecule has 2 rings (SSSR count). The molecule has 0 aliphatic carbocycles. The van der Waals surface area contributed by atoms with E-state index in [4.69, 9.17) is 5.14 Å². The van der Waals surface area contributed by atoms with Crippen LogP contribution in [-0.4, -0.2) is 38.1 Å². The summed E-state index contributed by atoms with van der Waals surface area (Å²) in [6.07, 6.45) is -3.96. The number of nitrogens with one attached hydrogen (secondary N) is 3. The molecule has 0 atom stereocenters. The van der Waals surface area contributed by atoms with E-state index in [0.717, 1.165) is 6.07 Å². The fraction of sp³-hybridized carbons (Fsp3) is 0.353. The summed E-state index contributed by atoms with van der Waals surface area (Å²) in [5, 5.41) is 17.7. The predicted molar refractivity (Wildman–Crippen MR) is 107 cm³/mol. The summed E-state index contributed by atoms with van der Waals surface area (Å²) in [7, 11) is -3.84. The van der Waals surface area contributed by atoms with Crippen molar-refractivity contribution in [1.29, 1.82) is 0 Å². The number of carbonyl (C=O) groups is 1. The monoisotopic (exact) mass is 480 g/mol. The number of aldehydes is 1. The first-order valence-corrected chi connectivity index (χ1v) is 10.7. The number of nitrogens with two attached hydrogens (primary N) is 1. The van der Waals surface area contributed by atoms with Crippen molar-refractivity contribution in [2.24, 2.45) is 5.14 Å². The summed E-state index contributed by atoms with van der Waals surface area (Å²) < 4.78 is 81.2. The van der Waals surface area contributed by atoms with Crippen LogP contribution in [0.4, 0.5) is 29.1 Å². The molecule has 0 saturated heterocycles. The fourth-order valence-corrected chi connectivity index (χ4v) is 2.98. The Kier molecular flexibility index (Phi) is 8.29. The molecule has 1 heterocycles. The molecule has 0 radical (unpaired) electrons. The maximum absolute atomic E-state index is 13.6. The van der Waals surface area contributed by atoms with Gasteiger partial charge in [0, 0.05) is 24.4 Å². The smallest absolute Gasteiger partial charge is 0.365 e. The van der Waals surface area contributed by atoms with E-state index in [-0.39, 0.29) is 54.4 Å². The largest absolute Gasteiger partial charge is 0.419 e. The number of nitrogens with zero attached hydrogens (tertiary/aromatic N) is 2. The van der Waals surface area contributed by atoms with Gasteiger partial charge in [0.2, 0.25) is 5.82 Å². The Hall–Kier alpha value is -3.04. The van der Waals surface area contributed by atoms with E-state index in [1.54, 1.807) is 6.92 Å². The number of hydrogen-bond donors (Lipinski definition) is 4. The van der Waals surface area contributed by atoms with Crippen LogP contribution in [0.1, 0.15) is 31.0 Å². The zero-order chi connectivity index (χ0) is 23.9. The van der Waals surface area contributed by atoms with E-state index in [9.17, 15) is 30.8 Å². The van der Waals surface area contributed by atoms with Crippen molar-refractivity contribution in [2.45, 2.75) is 25.9 Å². The Labute approximate surface area is 180 Å². The van der Waals surface area contributed by atoms with Gasteiger partial charge in [-0.05, 0) is 41.4 Å². The van der Waals surface area contributed by atoms with E-state index in [1.807, 2.05) is 0 Å². The molecular formula is C17H20F4N6O4S. The lowest BCUT2D eigenvalue weighted by Gasteiger charge is -2.15. The summed E-state index contributed by atoms with van der Waals surface area (Å²) >= 11 is 0. The van der Waals surface area contributed by atoms with Gasteiger partial charge in [0.25, 0.3) is 10.2 Å². The lowest BCUT2D eigenvalue weighted by Crippen LogP contribution is -2.32. The second-order valence-corrected chi connectivity index (χ2v) is 7.75. The molecule has 1 aromatic heterocycles. The number of rotatable bonds is 11. The van der Waals surface area contributed by atoms with E-state index in [1.165, 1.54) is 0 Å². The molecule has 5 N–H and O–H groups in total. The molecule has 10 nitrogen and oxygen atoms in total. The molecule has 0 aliphatic heterocycles. The van der Waals surface area contributed by atoms with Crippen LogP contribution in [-0.2, 0) is 21.2 Å². The van der Waals surface area contributed by atoms with Crippen LogP contribution in [0.15, 0.2) is 28.4 Å². The molecule has 0 bridgehead atoms. The molecule has 15 heteroatoms. The normalized spacial score (nSPS) is 12.9. The van der Waals surface area contributed by atoms with Crippen molar-refractivity contribution >= 4 is 33.7 Å². The van der Waals surface area contributed by atoms with Crippen LogP contribution in [0.25, 0.3) is 5.70 Å². The van der Waals surface area contributed by atoms with Gasteiger partial charge in [0.15, 0.2) is 5.69 Å². The third kappa shape index (κ3) is 7.00. The first kappa shape index (κ1) is 25.2. The van der Waals surface area contributed by atoms with Crippen LogP contribution in [0, 0.1) is 5.82 Å². The topological polar surface area (TPSA) is 152 Å². The molecular weight excluding hydrogens is 460 g/mol. The second kappa shape index (κ2) is 10.5. The van der Waals surface area contributed by atoms with Crippen LogP contribution in [0.2, 0.25) is 0 Å². The summed E-state index contributed by atoms with van der Waals surface area (Å²) in [6.45, 7) is 1.85. The van der Waals surface area contributed by atoms with E-state index in [2.05, 4.69) is 30.3 Å². The number of alkyl halides is 3. The fourth-order valence-electron chi connectivity index (χ4n) is 2.55. The van der Waals surface area contributed by atoms with Gasteiger partial charge in [0.05, 0.1) is 11.3 Å². The third-order valence-electron chi connectivity index (χ3n) is 4.06. The van der Waals surface area contributed by atoms with E-state index in [0.29, 0.717) is 18.4 Å². The average Bonchev–Trinajstić information content (AvgIpc) is 3.15. The van der Waals surface area contributed by atoms with Crippen LogP contribution in [0.5, 0.6) is 0 Å². The highest BCUT2D eigenvalue weighted by Crippen LogP contribution is 2.34. The van der Waals surface area contributed by atoms with Crippen molar-refractivity contribution < 1.29 is 35.4 Å². The van der Waals surface area contributed by atoms with Gasteiger partial charge in [0.1, 0.15) is 12.1 Å². The molecule has 32 heavy (non-hydrogen) atoms. The molecule has 0 aliphatic rings.